The normalized spacial score (nSPS) is 11.5. The van der Waals surface area contributed by atoms with Gasteiger partial charge in [0.1, 0.15) is 28.0 Å². The van der Waals surface area contributed by atoms with Crippen LogP contribution in [0, 0.1) is 24.2 Å². The first-order valence-corrected chi connectivity index (χ1v) is 9.18. The highest BCUT2D eigenvalue weighted by Gasteiger charge is 2.17. The number of hydrogen-bond donors (Lipinski definition) is 1. The summed E-state index contributed by atoms with van der Waals surface area (Å²) in [5.74, 6) is 0.636. The third kappa shape index (κ3) is 4.67. The van der Waals surface area contributed by atoms with Gasteiger partial charge in [0, 0.05) is 5.56 Å². The van der Waals surface area contributed by atoms with E-state index in [2.05, 4.69) is 30.2 Å². The van der Waals surface area contributed by atoms with E-state index in [1.807, 2.05) is 6.07 Å². The Morgan fingerprint density at radius 2 is 2.27 bits per heavy atom. The Morgan fingerprint density at radius 3 is 2.92 bits per heavy atom. The van der Waals surface area contributed by atoms with Crippen molar-refractivity contribution < 1.29 is 14.3 Å². The molecule has 0 bridgehead atoms. The summed E-state index contributed by atoms with van der Waals surface area (Å²) < 4.78 is 5.75. The van der Waals surface area contributed by atoms with Gasteiger partial charge in [-0.3, -0.25) is 4.79 Å². The van der Waals surface area contributed by atoms with Crippen LogP contribution in [0.2, 0.25) is 0 Å². The molecular weight excluding hydrogens is 350 g/mol. The summed E-state index contributed by atoms with van der Waals surface area (Å²) in [5.41, 5.74) is 1.77. The van der Waals surface area contributed by atoms with Gasteiger partial charge in [0.15, 0.2) is 0 Å². The van der Waals surface area contributed by atoms with E-state index in [4.69, 9.17) is 4.74 Å². The Bertz CT molecular complexity index is 839. The van der Waals surface area contributed by atoms with E-state index in [1.165, 1.54) is 11.3 Å². The van der Waals surface area contributed by atoms with Gasteiger partial charge in [0.2, 0.25) is 0 Å². The van der Waals surface area contributed by atoms with Crippen molar-refractivity contribution in [2.45, 2.75) is 27.2 Å². The van der Waals surface area contributed by atoms with E-state index >= 15 is 0 Å². The molecule has 0 spiro atoms. The number of nitriles is 1. The molecule has 0 aliphatic heterocycles. The van der Waals surface area contributed by atoms with Crippen molar-refractivity contribution in [3.05, 3.63) is 34.3 Å². The van der Waals surface area contributed by atoms with Crippen molar-refractivity contribution in [2.75, 3.05) is 13.2 Å². The van der Waals surface area contributed by atoms with Crippen LogP contribution in [0.15, 0.2) is 18.2 Å². The Balaban J connectivity index is 2.25. The summed E-state index contributed by atoms with van der Waals surface area (Å²) in [7, 11) is 0. The van der Waals surface area contributed by atoms with Crippen LogP contribution >= 0.6 is 11.3 Å². The highest BCUT2D eigenvalue weighted by molar-refractivity contribution is 7.17. The highest BCUT2D eigenvalue weighted by atomic mass is 32.1. The minimum absolute atomic E-state index is 0.0354. The maximum atomic E-state index is 12.1. The van der Waals surface area contributed by atoms with Gasteiger partial charge < -0.3 is 14.8 Å². The lowest BCUT2D eigenvalue weighted by molar-refractivity contribution is -0.107. The van der Waals surface area contributed by atoms with E-state index < -0.39 is 0 Å². The molecule has 1 heterocycles. The fourth-order valence-corrected chi connectivity index (χ4v) is 3.15. The van der Waals surface area contributed by atoms with Gasteiger partial charge in [0.05, 0.1) is 24.4 Å². The number of carbonyl (C=O) groups excluding carboxylic acids is 2. The number of benzene rings is 1. The van der Waals surface area contributed by atoms with Gasteiger partial charge in [-0.2, -0.15) is 5.26 Å². The molecule has 0 aliphatic carbocycles. The van der Waals surface area contributed by atoms with Crippen LogP contribution in [-0.2, 0) is 4.79 Å². The van der Waals surface area contributed by atoms with Gasteiger partial charge in [-0.15, -0.1) is 11.3 Å². The number of aromatic nitrogens is 1. The maximum Gasteiger partial charge on any atom is 0.263 e. The Labute approximate surface area is 156 Å². The molecule has 1 unspecified atom stereocenters. The molecule has 136 valence electrons. The number of rotatable bonds is 8. The second kappa shape index (κ2) is 9.11. The SMILES string of the molecule is CCC(C)COc1ccc(-c2nc(C)c(C(=O)NCC=O)s2)cc1C#N. The molecule has 0 radical (unpaired) electrons. The quantitative estimate of drug-likeness (QED) is 0.719. The molecule has 0 fully saturated rings. The van der Waals surface area contributed by atoms with Gasteiger partial charge in [-0.25, -0.2) is 4.98 Å². The zero-order chi connectivity index (χ0) is 19.1. The fraction of sp³-hybridized carbons (Fsp3) is 0.368. The number of hydrogen-bond acceptors (Lipinski definition) is 6. The summed E-state index contributed by atoms with van der Waals surface area (Å²) >= 11 is 1.23. The summed E-state index contributed by atoms with van der Waals surface area (Å²) in [4.78, 5) is 27.3. The van der Waals surface area contributed by atoms with E-state index in [0.29, 0.717) is 45.7 Å². The van der Waals surface area contributed by atoms with Crippen molar-refractivity contribution in [3.8, 4) is 22.4 Å². The maximum absolute atomic E-state index is 12.1. The number of aldehydes is 1. The molecule has 26 heavy (non-hydrogen) atoms. The van der Waals surface area contributed by atoms with Gasteiger partial charge in [-0.1, -0.05) is 20.3 Å². The molecule has 0 saturated heterocycles. The molecular formula is C19H21N3O3S. The van der Waals surface area contributed by atoms with Crippen LogP contribution in [-0.4, -0.2) is 30.3 Å². The van der Waals surface area contributed by atoms with Crippen molar-refractivity contribution in [1.82, 2.24) is 10.3 Å². The van der Waals surface area contributed by atoms with Gasteiger partial charge >= 0.3 is 0 Å². The lowest BCUT2D eigenvalue weighted by Gasteiger charge is -2.12. The van der Waals surface area contributed by atoms with Crippen molar-refractivity contribution >= 4 is 23.5 Å². The fourth-order valence-electron chi connectivity index (χ4n) is 2.17. The molecule has 6 nitrogen and oxygen atoms in total. The largest absolute Gasteiger partial charge is 0.492 e. The molecule has 1 atom stereocenters. The molecule has 1 N–H and O–H groups in total. The molecule has 2 aromatic rings. The van der Waals surface area contributed by atoms with Gasteiger partial charge in [0.25, 0.3) is 5.91 Å². The van der Waals surface area contributed by atoms with E-state index in [-0.39, 0.29) is 12.5 Å². The topological polar surface area (TPSA) is 92.1 Å². The number of aryl methyl sites for hydroxylation is 1. The average molecular weight is 371 g/mol. The smallest absolute Gasteiger partial charge is 0.263 e. The second-order valence-electron chi connectivity index (χ2n) is 5.96. The third-order valence-corrected chi connectivity index (χ3v) is 5.12. The molecule has 1 aromatic heterocycles. The Kier molecular flexibility index (Phi) is 6.87. The van der Waals surface area contributed by atoms with Crippen molar-refractivity contribution in [3.63, 3.8) is 0 Å². The lowest BCUT2D eigenvalue weighted by atomic mass is 10.1. The van der Waals surface area contributed by atoms with Crippen molar-refractivity contribution in [2.24, 2.45) is 5.92 Å². The standard InChI is InChI=1S/C19H21N3O3S/c1-4-12(2)11-25-16-6-5-14(9-15(16)10-20)19-22-13(3)17(26-19)18(24)21-7-8-23/h5-6,8-9,12H,4,7,11H2,1-3H3,(H,21,24). The first-order valence-electron chi connectivity index (χ1n) is 8.36. The molecule has 0 aliphatic rings. The van der Waals surface area contributed by atoms with E-state index in [1.54, 1.807) is 19.1 Å². The number of nitrogens with zero attached hydrogens (tertiary/aromatic N) is 2. The summed E-state index contributed by atoms with van der Waals surface area (Å²) in [6.07, 6.45) is 1.64. The van der Waals surface area contributed by atoms with Gasteiger partial charge in [-0.05, 0) is 31.0 Å². The highest BCUT2D eigenvalue weighted by Crippen LogP contribution is 2.31. The first-order chi connectivity index (χ1) is 12.5. The predicted molar refractivity (Wildman–Crippen MR) is 100 cm³/mol. The zero-order valence-corrected chi connectivity index (χ0v) is 15.9. The summed E-state index contributed by atoms with van der Waals surface area (Å²) in [5, 5.41) is 12.6. The molecule has 2 rings (SSSR count). The lowest BCUT2D eigenvalue weighted by Crippen LogP contribution is -2.24. The van der Waals surface area contributed by atoms with Crippen LogP contribution in [0.1, 0.15) is 41.2 Å². The summed E-state index contributed by atoms with van der Waals surface area (Å²) in [6.45, 7) is 6.45. The molecule has 0 saturated carbocycles. The zero-order valence-electron chi connectivity index (χ0n) is 15.0. The molecule has 7 heteroatoms. The first kappa shape index (κ1) is 19.6. The van der Waals surface area contributed by atoms with E-state index in [0.717, 1.165) is 12.0 Å². The number of amides is 1. The van der Waals surface area contributed by atoms with Crippen LogP contribution in [0.25, 0.3) is 10.6 Å². The van der Waals surface area contributed by atoms with Crippen LogP contribution in [0.5, 0.6) is 5.75 Å². The number of carbonyl (C=O) groups is 2. The van der Waals surface area contributed by atoms with Crippen LogP contribution in [0.4, 0.5) is 0 Å². The number of ether oxygens (including phenoxy) is 1. The van der Waals surface area contributed by atoms with Crippen LogP contribution < -0.4 is 10.1 Å². The predicted octanol–water partition coefficient (Wildman–Crippen LogP) is 3.34. The van der Waals surface area contributed by atoms with E-state index in [9.17, 15) is 14.9 Å². The average Bonchev–Trinajstić information content (AvgIpc) is 3.05. The molecule has 1 aromatic carbocycles. The Hall–Kier alpha value is -2.72. The second-order valence-corrected chi connectivity index (χ2v) is 6.96. The summed E-state index contributed by atoms with van der Waals surface area (Å²) in [6, 6.07) is 7.47. The number of thiazole rings is 1. The van der Waals surface area contributed by atoms with Crippen molar-refractivity contribution in [1.29, 1.82) is 5.26 Å². The monoisotopic (exact) mass is 371 g/mol. The third-order valence-electron chi connectivity index (χ3n) is 3.92. The molecule has 1 amide bonds. The Morgan fingerprint density at radius 1 is 1.50 bits per heavy atom. The number of nitrogens with one attached hydrogen (secondary N) is 1. The minimum atomic E-state index is -0.327. The van der Waals surface area contributed by atoms with Crippen LogP contribution in [0.3, 0.4) is 0 Å². The minimum Gasteiger partial charge on any atom is -0.492 e.